The Morgan fingerprint density at radius 3 is 2.85 bits per heavy atom. The van der Waals surface area contributed by atoms with Crippen LogP contribution < -0.4 is 10.1 Å². The first-order valence-electron chi connectivity index (χ1n) is 11.8. The molecule has 0 bridgehead atoms. The highest BCUT2D eigenvalue weighted by Gasteiger charge is 2.15. The molecule has 1 aliphatic heterocycles. The van der Waals surface area contributed by atoms with E-state index < -0.39 is 0 Å². The molecule has 170 valence electrons. The van der Waals surface area contributed by atoms with Gasteiger partial charge in [-0.25, -0.2) is 9.37 Å². The van der Waals surface area contributed by atoms with Gasteiger partial charge in [0.1, 0.15) is 17.4 Å². The molecule has 0 saturated carbocycles. The van der Waals surface area contributed by atoms with Crippen molar-refractivity contribution in [2.45, 2.75) is 45.1 Å². The van der Waals surface area contributed by atoms with Crippen LogP contribution in [-0.2, 0) is 19.3 Å². The summed E-state index contributed by atoms with van der Waals surface area (Å²) in [6, 6.07) is 17.4. The maximum atomic E-state index is 13.2. The van der Waals surface area contributed by atoms with Crippen molar-refractivity contribution >= 4 is 16.7 Å². The zero-order valence-corrected chi connectivity index (χ0v) is 18.9. The summed E-state index contributed by atoms with van der Waals surface area (Å²) in [6.07, 6.45) is 6.68. The van der Waals surface area contributed by atoms with Gasteiger partial charge in [-0.05, 0) is 73.2 Å². The molecule has 2 aromatic carbocycles. The molecule has 1 atom stereocenters. The third kappa shape index (κ3) is 4.85. The Hall–Kier alpha value is -3.41. The van der Waals surface area contributed by atoms with Crippen molar-refractivity contribution in [2.24, 2.45) is 0 Å². The summed E-state index contributed by atoms with van der Waals surface area (Å²) >= 11 is 0. The number of aromatic nitrogens is 3. The molecule has 2 aromatic heterocycles. The second-order valence-electron chi connectivity index (χ2n) is 8.64. The second-order valence-corrected chi connectivity index (χ2v) is 8.64. The molecule has 0 aliphatic carbocycles. The summed E-state index contributed by atoms with van der Waals surface area (Å²) in [5.41, 5.74) is 4.54. The minimum atomic E-state index is -0.206. The number of fused-ring (bicyclic) bond motifs is 2. The van der Waals surface area contributed by atoms with Gasteiger partial charge in [-0.1, -0.05) is 25.1 Å². The fourth-order valence-electron chi connectivity index (χ4n) is 4.49. The predicted octanol–water partition coefficient (Wildman–Crippen LogP) is 5.74. The number of nitrogens with zero attached hydrogens (tertiary/aromatic N) is 3. The molecular formula is C27H29FN4O. The van der Waals surface area contributed by atoms with Crippen LogP contribution in [0.3, 0.4) is 0 Å². The van der Waals surface area contributed by atoms with Crippen LogP contribution in [0.5, 0.6) is 5.75 Å². The third-order valence-corrected chi connectivity index (χ3v) is 6.35. The molecule has 6 heteroatoms. The van der Waals surface area contributed by atoms with E-state index >= 15 is 0 Å². The van der Waals surface area contributed by atoms with E-state index in [0.717, 1.165) is 66.0 Å². The van der Waals surface area contributed by atoms with Gasteiger partial charge in [0.25, 0.3) is 0 Å². The molecule has 3 heterocycles. The maximum absolute atomic E-state index is 13.2. The lowest BCUT2D eigenvalue weighted by molar-refractivity contribution is 0.321. The Morgan fingerprint density at radius 1 is 1.12 bits per heavy atom. The monoisotopic (exact) mass is 444 g/mol. The summed E-state index contributed by atoms with van der Waals surface area (Å²) in [4.78, 5) is 4.74. The summed E-state index contributed by atoms with van der Waals surface area (Å²) in [5.74, 6) is 1.66. The van der Waals surface area contributed by atoms with E-state index in [1.54, 1.807) is 0 Å². The summed E-state index contributed by atoms with van der Waals surface area (Å²) in [6.45, 7) is 3.73. The van der Waals surface area contributed by atoms with Crippen molar-refractivity contribution in [3.8, 4) is 5.75 Å². The number of pyridine rings is 1. The van der Waals surface area contributed by atoms with E-state index in [1.165, 1.54) is 24.1 Å². The van der Waals surface area contributed by atoms with Crippen LogP contribution >= 0.6 is 0 Å². The van der Waals surface area contributed by atoms with Crippen molar-refractivity contribution in [1.29, 1.82) is 0 Å². The van der Waals surface area contributed by atoms with E-state index in [-0.39, 0.29) is 11.9 Å². The highest BCUT2D eigenvalue weighted by Crippen LogP contribution is 2.27. The molecule has 33 heavy (non-hydrogen) atoms. The lowest BCUT2D eigenvalue weighted by Gasteiger charge is -2.17. The van der Waals surface area contributed by atoms with E-state index in [1.807, 2.05) is 30.5 Å². The zero-order chi connectivity index (χ0) is 22.6. The Morgan fingerprint density at radius 2 is 2.00 bits per heavy atom. The molecule has 0 spiro atoms. The molecular weight excluding hydrogens is 415 g/mol. The number of benzene rings is 2. The van der Waals surface area contributed by atoms with Crippen LogP contribution in [0.25, 0.3) is 10.9 Å². The SMILES string of the molecule is CCC(Cc1ccc(F)cc1)n1ncc2cc(OCCc3ccc4c(n3)NCCC4)ccc21. The smallest absolute Gasteiger partial charge is 0.129 e. The van der Waals surface area contributed by atoms with E-state index in [0.29, 0.717) is 6.61 Å². The number of anilines is 1. The van der Waals surface area contributed by atoms with Gasteiger partial charge in [0.15, 0.2) is 0 Å². The van der Waals surface area contributed by atoms with Crippen LogP contribution in [0.1, 0.15) is 42.6 Å². The van der Waals surface area contributed by atoms with E-state index in [4.69, 9.17) is 9.72 Å². The Kier molecular flexibility index (Phi) is 6.24. The predicted molar refractivity (Wildman–Crippen MR) is 129 cm³/mol. The molecule has 5 nitrogen and oxygen atoms in total. The fraction of sp³-hybridized carbons (Fsp3) is 0.333. The van der Waals surface area contributed by atoms with Crippen molar-refractivity contribution in [3.05, 3.63) is 83.4 Å². The summed E-state index contributed by atoms with van der Waals surface area (Å²) < 4.78 is 21.3. The van der Waals surface area contributed by atoms with Crippen LogP contribution in [0, 0.1) is 5.82 Å². The highest BCUT2D eigenvalue weighted by atomic mass is 19.1. The molecule has 0 saturated heterocycles. The lowest BCUT2D eigenvalue weighted by Crippen LogP contribution is -2.14. The molecule has 1 unspecified atom stereocenters. The molecule has 1 aliphatic rings. The van der Waals surface area contributed by atoms with Gasteiger partial charge in [0, 0.05) is 24.0 Å². The topological polar surface area (TPSA) is 52.0 Å². The number of ether oxygens (including phenoxy) is 1. The Bertz CT molecular complexity index is 1230. The molecule has 0 fully saturated rings. The molecule has 4 aromatic rings. The van der Waals surface area contributed by atoms with Crippen LogP contribution in [0.15, 0.2) is 60.8 Å². The molecule has 1 N–H and O–H groups in total. The fourth-order valence-corrected chi connectivity index (χ4v) is 4.49. The van der Waals surface area contributed by atoms with Gasteiger partial charge in [-0.3, -0.25) is 4.68 Å². The summed E-state index contributed by atoms with van der Waals surface area (Å²) in [5, 5.41) is 9.10. The molecule has 0 amide bonds. The van der Waals surface area contributed by atoms with Crippen molar-refractivity contribution in [3.63, 3.8) is 0 Å². The van der Waals surface area contributed by atoms with Gasteiger partial charge in [-0.15, -0.1) is 0 Å². The average Bonchev–Trinajstić information content (AvgIpc) is 3.27. The number of rotatable bonds is 8. The van der Waals surface area contributed by atoms with Crippen molar-refractivity contribution in [1.82, 2.24) is 14.8 Å². The molecule has 5 rings (SSSR count). The number of aryl methyl sites for hydroxylation is 1. The standard InChI is InChI=1S/C27H29FN4O/c1-2-24(16-19-5-8-22(28)9-6-19)32-26-12-11-25(17-21(26)18-30-32)33-15-13-23-10-7-20-4-3-14-29-27(20)31-23/h5-12,17-18,24H,2-4,13-16H2,1H3,(H,29,31). The minimum absolute atomic E-state index is 0.206. The van der Waals surface area contributed by atoms with Gasteiger partial charge in [-0.2, -0.15) is 5.10 Å². The van der Waals surface area contributed by atoms with Crippen molar-refractivity contribution in [2.75, 3.05) is 18.5 Å². The normalized spacial score (nSPS) is 14.0. The number of hydrogen-bond donors (Lipinski definition) is 1. The van der Waals surface area contributed by atoms with E-state index in [9.17, 15) is 4.39 Å². The first kappa shape index (κ1) is 21.4. The molecule has 0 radical (unpaired) electrons. The number of nitrogens with one attached hydrogen (secondary N) is 1. The van der Waals surface area contributed by atoms with Gasteiger partial charge in [0.05, 0.1) is 24.4 Å². The minimum Gasteiger partial charge on any atom is -0.493 e. The number of hydrogen-bond acceptors (Lipinski definition) is 4. The summed E-state index contributed by atoms with van der Waals surface area (Å²) in [7, 11) is 0. The number of halogens is 1. The Balaban J connectivity index is 1.24. The van der Waals surface area contributed by atoms with E-state index in [2.05, 4.69) is 40.2 Å². The first-order valence-corrected chi connectivity index (χ1v) is 11.8. The Labute approximate surface area is 193 Å². The second kappa shape index (κ2) is 9.61. The lowest BCUT2D eigenvalue weighted by atomic mass is 10.0. The largest absolute Gasteiger partial charge is 0.493 e. The van der Waals surface area contributed by atoms with Gasteiger partial charge < -0.3 is 10.1 Å². The average molecular weight is 445 g/mol. The zero-order valence-electron chi connectivity index (χ0n) is 18.9. The third-order valence-electron chi connectivity index (χ3n) is 6.35. The highest BCUT2D eigenvalue weighted by molar-refractivity contribution is 5.80. The van der Waals surface area contributed by atoms with Crippen molar-refractivity contribution < 1.29 is 9.13 Å². The van der Waals surface area contributed by atoms with Crippen LogP contribution in [0.4, 0.5) is 10.2 Å². The van der Waals surface area contributed by atoms with Crippen LogP contribution in [0.2, 0.25) is 0 Å². The van der Waals surface area contributed by atoms with Gasteiger partial charge >= 0.3 is 0 Å². The van der Waals surface area contributed by atoms with Gasteiger partial charge in [0.2, 0.25) is 0 Å². The van der Waals surface area contributed by atoms with Crippen LogP contribution in [-0.4, -0.2) is 27.9 Å². The first-order chi connectivity index (χ1) is 16.2. The maximum Gasteiger partial charge on any atom is 0.129 e. The quantitative estimate of drug-likeness (QED) is 0.376.